The minimum absolute atomic E-state index is 0.0250. The van der Waals surface area contributed by atoms with Crippen LogP contribution in [0.15, 0.2) is 12.2 Å². The molecule has 1 aliphatic heterocycles. The number of aliphatic hydroxyl groups is 4. The number of aliphatic hydroxyl groups excluding tert-OH is 4. The van der Waals surface area contributed by atoms with Crippen molar-refractivity contribution in [3.8, 4) is 0 Å². The van der Waals surface area contributed by atoms with Gasteiger partial charge in [0.25, 0.3) is 0 Å². The van der Waals surface area contributed by atoms with Crippen LogP contribution in [0.25, 0.3) is 0 Å². The van der Waals surface area contributed by atoms with Gasteiger partial charge in [0.2, 0.25) is 0 Å². The van der Waals surface area contributed by atoms with Gasteiger partial charge in [-0.25, -0.2) is 0 Å². The second-order valence-electron chi connectivity index (χ2n) is 5.16. The molecule has 0 radical (unpaired) electrons. The maximum atomic E-state index is 9.97. The Labute approximate surface area is 116 Å². The molecule has 0 saturated carbocycles. The van der Waals surface area contributed by atoms with Crippen molar-refractivity contribution in [2.24, 2.45) is 11.5 Å². The van der Waals surface area contributed by atoms with Crippen LogP contribution in [0.1, 0.15) is 6.42 Å². The zero-order valence-corrected chi connectivity index (χ0v) is 10.9. The average Bonchev–Trinajstić information content (AvgIpc) is 2.44. The van der Waals surface area contributed by atoms with Crippen LogP contribution in [-0.2, 0) is 9.47 Å². The van der Waals surface area contributed by atoms with Crippen molar-refractivity contribution >= 4 is 0 Å². The van der Waals surface area contributed by atoms with Crippen LogP contribution >= 0.6 is 0 Å². The summed E-state index contributed by atoms with van der Waals surface area (Å²) in [4.78, 5) is 0. The van der Waals surface area contributed by atoms with Crippen molar-refractivity contribution in [1.82, 2.24) is 0 Å². The maximum absolute atomic E-state index is 9.97. The molecule has 116 valence electrons. The predicted molar refractivity (Wildman–Crippen MR) is 68.3 cm³/mol. The molecule has 2 rings (SSSR count). The summed E-state index contributed by atoms with van der Waals surface area (Å²) in [6, 6.07) is -0.955. The summed E-state index contributed by atoms with van der Waals surface area (Å²) in [5, 5.41) is 39.1. The Hall–Kier alpha value is -0.580. The third-order valence-electron chi connectivity index (χ3n) is 3.73. The molecular weight excluding hydrogens is 268 g/mol. The molecule has 1 saturated heterocycles. The average molecular weight is 290 g/mol. The van der Waals surface area contributed by atoms with Crippen LogP contribution in [0.5, 0.6) is 0 Å². The van der Waals surface area contributed by atoms with Crippen LogP contribution < -0.4 is 11.5 Å². The van der Waals surface area contributed by atoms with Gasteiger partial charge >= 0.3 is 0 Å². The molecule has 8 atom stereocenters. The van der Waals surface area contributed by atoms with Gasteiger partial charge in [0.15, 0.2) is 6.29 Å². The molecule has 8 nitrogen and oxygen atoms in total. The quantitative estimate of drug-likeness (QED) is 0.297. The van der Waals surface area contributed by atoms with Crippen LogP contribution in [0.3, 0.4) is 0 Å². The van der Waals surface area contributed by atoms with Gasteiger partial charge in [-0.3, -0.25) is 0 Å². The van der Waals surface area contributed by atoms with Gasteiger partial charge in [-0.1, -0.05) is 12.2 Å². The fourth-order valence-corrected chi connectivity index (χ4v) is 2.41. The highest BCUT2D eigenvalue weighted by molar-refractivity contribution is 5.03. The molecule has 1 heterocycles. The molecule has 0 spiro atoms. The van der Waals surface area contributed by atoms with E-state index >= 15 is 0 Å². The highest BCUT2D eigenvalue weighted by atomic mass is 16.7. The first-order chi connectivity index (χ1) is 9.45. The lowest BCUT2D eigenvalue weighted by atomic mass is 9.95. The Morgan fingerprint density at radius 3 is 2.50 bits per heavy atom. The van der Waals surface area contributed by atoms with Crippen molar-refractivity contribution in [2.45, 2.75) is 55.4 Å². The second kappa shape index (κ2) is 6.46. The molecule has 0 bridgehead atoms. The zero-order valence-electron chi connectivity index (χ0n) is 10.9. The normalized spacial score (nSPS) is 49.3. The highest BCUT2D eigenvalue weighted by Crippen LogP contribution is 2.25. The summed E-state index contributed by atoms with van der Waals surface area (Å²) in [5.74, 6) is 0. The van der Waals surface area contributed by atoms with E-state index in [2.05, 4.69) is 0 Å². The standard InChI is InChI=1S/C12H22N2O6/c13-4-7-10(17)8(14)11(18)12(20-7)19-6-3-1-2-5(15)9(6)16/h1-2,5-12,15-18H,3-4,13-14H2/t5-,6+,7-,8+,9-,10-,11-,12+/m1/s1. The lowest BCUT2D eigenvalue weighted by Crippen LogP contribution is -2.64. The Bertz CT molecular complexity index is 353. The van der Waals surface area contributed by atoms with Gasteiger partial charge in [-0.05, 0) is 6.42 Å². The van der Waals surface area contributed by atoms with E-state index in [4.69, 9.17) is 20.9 Å². The molecule has 0 aromatic rings. The van der Waals surface area contributed by atoms with E-state index in [0.29, 0.717) is 6.42 Å². The minimum atomic E-state index is -1.25. The first kappa shape index (κ1) is 15.8. The van der Waals surface area contributed by atoms with E-state index in [1.165, 1.54) is 6.08 Å². The third-order valence-corrected chi connectivity index (χ3v) is 3.73. The van der Waals surface area contributed by atoms with Crippen LogP contribution in [-0.4, -0.2) is 75.9 Å². The van der Waals surface area contributed by atoms with E-state index in [0.717, 1.165) is 0 Å². The number of hydrogen-bond donors (Lipinski definition) is 6. The third kappa shape index (κ3) is 3.02. The van der Waals surface area contributed by atoms with E-state index in [1.807, 2.05) is 0 Å². The second-order valence-corrected chi connectivity index (χ2v) is 5.16. The lowest BCUT2D eigenvalue weighted by molar-refractivity contribution is -0.292. The number of nitrogens with two attached hydrogens (primary N) is 2. The van der Waals surface area contributed by atoms with Crippen LogP contribution in [0.4, 0.5) is 0 Å². The summed E-state index contributed by atoms with van der Waals surface area (Å²) in [6.07, 6.45) is -3.55. The molecule has 2 aliphatic rings. The zero-order chi connectivity index (χ0) is 14.9. The largest absolute Gasteiger partial charge is 0.389 e. The van der Waals surface area contributed by atoms with E-state index in [1.54, 1.807) is 6.08 Å². The van der Waals surface area contributed by atoms with E-state index < -0.39 is 49.0 Å². The lowest BCUT2D eigenvalue weighted by Gasteiger charge is -2.42. The number of rotatable bonds is 3. The first-order valence-corrected chi connectivity index (χ1v) is 6.61. The van der Waals surface area contributed by atoms with Crippen molar-refractivity contribution in [2.75, 3.05) is 6.54 Å². The Morgan fingerprint density at radius 1 is 1.15 bits per heavy atom. The first-order valence-electron chi connectivity index (χ1n) is 6.61. The molecule has 0 aromatic heterocycles. The fraction of sp³-hybridized carbons (Fsp3) is 0.833. The summed E-state index contributed by atoms with van der Waals surface area (Å²) in [7, 11) is 0. The van der Waals surface area contributed by atoms with Crippen molar-refractivity contribution < 1.29 is 29.9 Å². The van der Waals surface area contributed by atoms with Gasteiger partial charge in [0.1, 0.15) is 24.4 Å². The van der Waals surface area contributed by atoms with Gasteiger partial charge in [0, 0.05) is 6.54 Å². The monoisotopic (exact) mass is 290 g/mol. The Balaban J connectivity index is 2.02. The molecule has 20 heavy (non-hydrogen) atoms. The topological polar surface area (TPSA) is 151 Å². The van der Waals surface area contributed by atoms with Gasteiger partial charge < -0.3 is 41.4 Å². The summed E-state index contributed by atoms with van der Waals surface area (Å²) in [6.45, 7) is 0.0250. The minimum Gasteiger partial charge on any atom is -0.389 e. The predicted octanol–water partition coefficient (Wildman–Crippen LogP) is -3.21. The smallest absolute Gasteiger partial charge is 0.186 e. The SMILES string of the molecule is NC[C@H]1O[C@H](O[C@H]2CC=C[C@@H](O)[C@H]2O)[C@H](O)[C@@H](N)[C@@H]1O. The van der Waals surface area contributed by atoms with Gasteiger partial charge in [0.05, 0.1) is 18.2 Å². The molecular formula is C12H22N2O6. The number of hydrogen-bond acceptors (Lipinski definition) is 8. The van der Waals surface area contributed by atoms with Crippen molar-refractivity contribution in [1.29, 1.82) is 0 Å². The van der Waals surface area contributed by atoms with Gasteiger partial charge in [-0.2, -0.15) is 0 Å². The highest BCUT2D eigenvalue weighted by Gasteiger charge is 2.44. The maximum Gasteiger partial charge on any atom is 0.186 e. The van der Waals surface area contributed by atoms with Crippen LogP contribution in [0, 0.1) is 0 Å². The van der Waals surface area contributed by atoms with Crippen molar-refractivity contribution in [3.63, 3.8) is 0 Å². The molecule has 1 aliphatic carbocycles. The molecule has 8 N–H and O–H groups in total. The summed E-state index contributed by atoms with van der Waals surface area (Å²) < 4.78 is 10.9. The van der Waals surface area contributed by atoms with Crippen molar-refractivity contribution in [3.05, 3.63) is 12.2 Å². The van der Waals surface area contributed by atoms with E-state index in [-0.39, 0.29) is 6.54 Å². The molecule has 0 aromatic carbocycles. The van der Waals surface area contributed by atoms with E-state index in [9.17, 15) is 20.4 Å². The summed E-state index contributed by atoms with van der Waals surface area (Å²) >= 11 is 0. The number of ether oxygens (including phenoxy) is 2. The van der Waals surface area contributed by atoms with Crippen LogP contribution in [0.2, 0.25) is 0 Å². The summed E-state index contributed by atoms with van der Waals surface area (Å²) in [5.41, 5.74) is 11.2. The van der Waals surface area contributed by atoms with Gasteiger partial charge in [-0.15, -0.1) is 0 Å². The molecule has 0 unspecified atom stereocenters. The Kier molecular flexibility index (Phi) is 5.10. The Morgan fingerprint density at radius 2 is 1.85 bits per heavy atom. The molecule has 8 heteroatoms. The molecule has 1 fully saturated rings. The fourth-order valence-electron chi connectivity index (χ4n) is 2.41. The molecule has 0 amide bonds.